The van der Waals surface area contributed by atoms with Gasteiger partial charge in [-0.3, -0.25) is 4.98 Å². The van der Waals surface area contributed by atoms with Crippen LogP contribution in [0.4, 0.5) is 0 Å². The summed E-state index contributed by atoms with van der Waals surface area (Å²) in [4.78, 5) is 4.22. The van der Waals surface area contributed by atoms with E-state index in [1.807, 2.05) is 36.4 Å². The van der Waals surface area contributed by atoms with E-state index in [0.29, 0.717) is 5.02 Å². The first kappa shape index (κ1) is 8.27. The highest BCUT2D eigenvalue weighted by Gasteiger charge is 1.96. The predicted octanol–water partition coefficient (Wildman–Crippen LogP) is 3.20. The molecule has 0 aliphatic heterocycles. The molecule has 0 saturated heterocycles. The van der Waals surface area contributed by atoms with Gasteiger partial charge in [-0.1, -0.05) is 23.7 Å². The van der Waals surface area contributed by atoms with Gasteiger partial charge in [-0.15, -0.1) is 0 Å². The van der Waals surface area contributed by atoms with Gasteiger partial charge < -0.3 is 0 Å². The van der Waals surface area contributed by atoms with Gasteiger partial charge in [0.2, 0.25) is 0 Å². The van der Waals surface area contributed by atoms with Gasteiger partial charge in [0.1, 0.15) is 0 Å². The summed E-state index contributed by atoms with van der Waals surface area (Å²) in [6.07, 6.45) is 1.77. The van der Waals surface area contributed by atoms with Gasteiger partial charge in [0.15, 0.2) is 0 Å². The minimum absolute atomic E-state index is 0.625. The molecule has 0 fully saturated rings. The Morgan fingerprint density at radius 2 is 2.08 bits per heavy atom. The van der Waals surface area contributed by atoms with E-state index in [1.165, 1.54) is 0 Å². The summed E-state index contributed by atoms with van der Waals surface area (Å²) in [7, 11) is 0. The first-order valence-electron chi connectivity index (χ1n) is 3.95. The number of aromatic nitrogens is 1. The lowest BCUT2D eigenvalue weighted by atomic mass is 10.1. The summed E-state index contributed by atoms with van der Waals surface area (Å²) in [6.45, 7) is 0. The second kappa shape index (κ2) is 3.58. The summed E-state index contributed by atoms with van der Waals surface area (Å²) < 4.78 is 0. The van der Waals surface area contributed by atoms with Crippen LogP contribution in [-0.4, -0.2) is 4.98 Å². The Morgan fingerprint density at radius 1 is 1.15 bits per heavy atom. The van der Waals surface area contributed by atoms with Crippen LogP contribution >= 0.6 is 11.6 Å². The van der Waals surface area contributed by atoms with Gasteiger partial charge in [0.25, 0.3) is 0 Å². The minimum atomic E-state index is 0.625. The number of benzene rings is 1. The van der Waals surface area contributed by atoms with E-state index in [-0.39, 0.29) is 0 Å². The van der Waals surface area contributed by atoms with E-state index in [2.05, 4.69) is 11.1 Å². The summed E-state index contributed by atoms with van der Waals surface area (Å²) in [5, 5.41) is 0.625. The van der Waals surface area contributed by atoms with Crippen molar-refractivity contribution in [2.24, 2.45) is 0 Å². The Hall–Kier alpha value is -1.34. The molecule has 2 heteroatoms. The molecule has 63 valence electrons. The quantitative estimate of drug-likeness (QED) is 0.670. The van der Waals surface area contributed by atoms with Crippen molar-refractivity contribution >= 4 is 11.6 Å². The Bertz CT molecular complexity index is 381. The van der Waals surface area contributed by atoms with Gasteiger partial charge in [-0.05, 0) is 24.3 Å². The van der Waals surface area contributed by atoms with Crippen LogP contribution in [0, 0.1) is 6.07 Å². The lowest BCUT2D eigenvalue weighted by Crippen LogP contribution is -1.80. The molecule has 1 heterocycles. The molecule has 1 radical (unpaired) electrons. The predicted molar refractivity (Wildman–Crippen MR) is 53.5 cm³/mol. The largest absolute Gasteiger partial charge is 0.256 e. The summed E-state index contributed by atoms with van der Waals surface area (Å²) in [5.74, 6) is 0. The first-order chi connectivity index (χ1) is 6.36. The third-order valence-corrected chi connectivity index (χ3v) is 1.97. The van der Waals surface area contributed by atoms with E-state index in [4.69, 9.17) is 11.6 Å². The Labute approximate surface area is 82.0 Å². The fourth-order valence-electron chi connectivity index (χ4n) is 1.10. The van der Waals surface area contributed by atoms with Crippen LogP contribution in [0.5, 0.6) is 0 Å². The highest BCUT2D eigenvalue weighted by Crippen LogP contribution is 2.17. The second-order valence-electron chi connectivity index (χ2n) is 2.64. The normalized spacial score (nSPS) is 9.92. The molecule has 0 spiro atoms. The van der Waals surface area contributed by atoms with Crippen LogP contribution < -0.4 is 0 Å². The van der Waals surface area contributed by atoms with Crippen molar-refractivity contribution in [2.75, 3.05) is 0 Å². The van der Waals surface area contributed by atoms with Crippen molar-refractivity contribution in [3.05, 3.63) is 53.7 Å². The summed E-state index contributed by atoms with van der Waals surface area (Å²) in [6, 6.07) is 14.3. The van der Waals surface area contributed by atoms with Gasteiger partial charge in [0.05, 0.1) is 5.69 Å². The Kier molecular flexibility index (Phi) is 2.28. The van der Waals surface area contributed by atoms with Crippen molar-refractivity contribution in [1.29, 1.82) is 0 Å². The standard InChI is InChI=1S/C11H7ClN/c12-10-6-4-9(5-7-10)11-3-1-2-8-13-11/h1-6,8H. The highest BCUT2D eigenvalue weighted by atomic mass is 35.5. The van der Waals surface area contributed by atoms with Crippen LogP contribution in [0.25, 0.3) is 11.3 Å². The third-order valence-electron chi connectivity index (χ3n) is 1.74. The molecule has 0 amide bonds. The molecule has 0 aliphatic carbocycles. The Morgan fingerprint density at radius 3 is 2.69 bits per heavy atom. The molecule has 2 rings (SSSR count). The molecule has 0 N–H and O–H groups in total. The molecule has 2 aromatic rings. The second-order valence-corrected chi connectivity index (χ2v) is 3.05. The fraction of sp³-hybridized carbons (Fsp3) is 0. The monoisotopic (exact) mass is 188 g/mol. The van der Waals surface area contributed by atoms with Crippen molar-refractivity contribution in [1.82, 2.24) is 4.98 Å². The third kappa shape index (κ3) is 1.87. The molecule has 1 nitrogen and oxygen atoms in total. The molecule has 0 unspecified atom stereocenters. The van der Waals surface area contributed by atoms with Crippen LogP contribution in [0.15, 0.2) is 42.6 Å². The van der Waals surface area contributed by atoms with Gasteiger partial charge in [-0.25, -0.2) is 0 Å². The van der Waals surface area contributed by atoms with Gasteiger partial charge in [0, 0.05) is 22.8 Å². The number of nitrogens with zero attached hydrogens (tertiary/aromatic N) is 1. The zero-order valence-corrected chi connectivity index (χ0v) is 7.62. The van der Waals surface area contributed by atoms with Gasteiger partial charge in [-0.2, -0.15) is 0 Å². The first-order valence-corrected chi connectivity index (χ1v) is 4.33. The fourth-order valence-corrected chi connectivity index (χ4v) is 1.22. The zero-order chi connectivity index (χ0) is 9.10. The average Bonchev–Trinajstić information content (AvgIpc) is 2.20. The van der Waals surface area contributed by atoms with Crippen LogP contribution in [0.1, 0.15) is 0 Å². The molecule has 13 heavy (non-hydrogen) atoms. The van der Waals surface area contributed by atoms with Crippen LogP contribution in [0.3, 0.4) is 0 Å². The highest BCUT2D eigenvalue weighted by molar-refractivity contribution is 6.30. The van der Waals surface area contributed by atoms with E-state index in [0.717, 1.165) is 11.3 Å². The molecule has 0 aliphatic rings. The molecule has 0 saturated carbocycles. The molecule has 0 bridgehead atoms. The Balaban J connectivity index is 2.42. The van der Waals surface area contributed by atoms with Crippen LogP contribution in [0.2, 0.25) is 5.02 Å². The molecule has 1 aromatic carbocycles. The lowest BCUT2D eigenvalue weighted by molar-refractivity contribution is 1.33. The van der Waals surface area contributed by atoms with Crippen molar-refractivity contribution in [3.63, 3.8) is 0 Å². The molecular formula is C11H7ClN. The van der Waals surface area contributed by atoms with Crippen LogP contribution in [-0.2, 0) is 0 Å². The lowest BCUT2D eigenvalue weighted by Gasteiger charge is -1.98. The average molecular weight is 189 g/mol. The van der Waals surface area contributed by atoms with E-state index in [9.17, 15) is 0 Å². The topological polar surface area (TPSA) is 12.9 Å². The number of hydrogen-bond acceptors (Lipinski definition) is 1. The van der Waals surface area contributed by atoms with Crippen molar-refractivity contribution in [2.45, 2.75) is 0 Å². The minimum Gasteiger partial charge on any atom is -0.256 e. The van der Waals surface area contributed by atoms with E-state index >= 15 is 0 Å². The number of rotatable bonds is 1. The van der Waals surface area contributed by atoms with Crippen molar-refractivity contribution in [3.8, 4) is 11.3 Å². The number of halogens is 1. The molecular weight excluding hydrogens is 182 g/mol. The maximum absolute atomic E-state index is 5.72. The number of hydrogen-bond donors (Lipinski definition) is 0. The SMILES string of the molecule is Clc1[c]cc(-c2ccccn2)cc1. The maximum Gasteiger partial charge on any atom is 0.0702 e. The van der Waals surface area contributed by atoms with Gasteiger partial charge >= 0.3 is 0 Å². The molecule has 1 aromatic heterocycles. The van der Waals surface area contributed by atoms with E-state index in [1.54, 1.807) is 6.20 Å². The smallest absolute Gasteiger partial charge is 0.0702 e. The number of pyridine rings is 1. The maximum atomic E-state index is 5.72. The summed E-state index contributed by atoms with van der Waals surface area (Å²) >= 11 is 5.72. The zero-order valence-electron chi connectivity index (χ0n) is 6.87. The van der Waals surface area contributed by atoms with Crippen molar-refractivity contribution < 1.29 is 0 Å². The van der Waals surface area contributed by atoms with E-state index < -0.39 is 0 Å². The summed E-state index contributed by atoms with van der Waals surface area (Å²) in [5.41, 5.74) is 1.97. The molecule has 0 atom stereocenters.